The summed E-state index contributed by atoms with van der Waals surface area (Å²) in [4.78, 5) is 14.6. The smallest absolute Gasteiger partial charge is 0.242 e. The molecule has 5 heteroatoms. The Bertz CT molecular complexity index is 478. The van der Waals surface area contributed by atoms with Gasteiger partial charge in [-0.05, 0) is 6.07 Å². The summed E-state index contributed by atoms with van der Waals surface area (Å²) in [5, 5.41) is 6.38. The molecule has 5 nitrogen and oxygen atoms in total. The molecule has 1 amide bonds. The van der Waals surface area contributed by atoms with Gasteiger partial charge in [0.25, 0.3) is 0 Å². The van der Waals surface area contributed by atoms with Crippen molar-refractivity contribution in [3.63, 3.8) is 0 Å². The summed E-state index contributed by atoms with van der Waals surface area (Å²) in [5.74, 6) is 0.851. The maximum absolute atomic E-state index is 12.3. The Balaban J connectivity index is 1.97. The van der Waals surface area contributed by atoms with E-state index in [4.69, 9.17) is 4.74 Å². The Morgan fingerprint density at radius 2 is 2.16 bits per heavy atom. The van der Waals surface area contributed by atoms with E-state index >= 15 is 0 Å². The average molecular weight is 261 g/mol. The van der Waals surface area contributed by atoms with Gasteiger partial charge in [-0.15, -0.1) is 0 Å². The number of fused-ring (bicyclic) bond motifs is 1. The molecular weight excluding hydrogens is 242 g/mol. The zero-order valence-corrected chi connectivity index (χ0v) is 11.1. The average Bonchev–Trinajstić information content (AvgIpc) is 2.47. The van der Waals surface area contributed by atoms with E-state index in [9.17, 15) is 4.79 Å². The van der Waals surface area contributed by atoms with Gasteiger partial charge in [0.15, 0.2) is 0 Å². The molecule has 0 aromatic heterocycles. The summed E-state index contributed by atoms with van der Waals surface area (Å²) < 4.78 is 5.40. The van der Waals surface area contributed by atoms with Crippen LogP contribution in [0.2, 0.25) is 0 Å². The van der Waals surface area contributed by atoms with Gasteiger partial charge in [0.05, 0.1) is 7.11 Å². The van der Waals surface area contributed by atoms with Crippen LogP contribution in [-0.2, 0) is 4.79 Å². The highest BCUT2D eigenvalue weighted by atomic mass is 16.5. The van der Waals surface area contributed by atoms with Crippen LogP contribution in [0.1, 0.15) is 11.6 Å². The van der Waals surface area contributed by atoms with Crippen molar-refractivity contribution in [2.75, 3.05) is 33.3 Å². The highest BCUT2D eigenvalue weighted by Gasteiger charge is 2.39. The van der Waals surface area contributed by atoms with Crippen LogP contribution in [0.4, 0.5) is 0 Å². The van der Waals surface area contributed by atoms with Crippen LogP contribution >= 0.6 is 0 Å². The van der Waals surface area contributed by atoms with Gasteiger partial charge in [0.2, 0.25) is 5.91 Å². The first kappa shape index (κ1) is 12.4. The predicted octanol–water partition coefficient (Wildman–Crippen LogP) is 0.140. The second kappa shape index (κ2) is 5.19. The maximum Gasteiger partial charge on any atom is 0.242 e. The number of piperazine rings is 2. The van der Waals surface area contributed by atoms with Crippen molar-refractivity contribution in [1.29, 1.82) is 0 Å². The van der Waals surface area contributed by atoms with Crippen molar-refractivity contribution in [3.8, 4) is 5.75 Å². The Hall–Kier alpha value is -1.59. The van der Waals surface area contributed by atoms with Crippen molar-refractivity contribution in [2.45, 2.75) is 12.1 Å². The molecule has 1 aromatic carbocycles. The maximum atomic E-state index is 12.3. The summed E-state index contributed by atoms with van der Waals surface area (Å²) >= 11 is 0. The predicted molar refractivity (Wildman–Crippen MR) is 72.1 cm³/mol. The molecule has 2 saturated heterocycles. The molecule has 2 atom stereocenters. The number of nitrogens with zero attached hydrogens (tertiary/aromatic N) is 1. The number of carbonyl (C=O) groups excluding carboxylic acids is 1. The van der Waals surface area contributed by atoms with Gasteiger partial charge in [-0.1, -0.05) is 18.2 Å². The zero-order valence-electron chi connectivity index (χ0n) is 11.1. The van der Waals surface area contributed by atoms with Crippen LogP contribution in [0.25, 0.3) is 0 Å². The number of para-hydroxylation sites is 1. The van der Waals surface area contributed by atoms with Crippen molar-refractivity contribution >= 4 is 5.91 Å². The lowest BCUT2D eigenvalue weighted by Gasteiger charge is -2.44. The molecule has 0 saturated carbocycles. The SMILES string of the molecule is COc1ccccc1C1C(=O)NCC2CNCCN21. The first-order chi connectivity index (χ1) is 9.31. The van der Waals surface area contributed by atoms with E-state index in [1.807, 2.05) is 24.3 Å². The van der Waals surface area contributed by atoms with Crippen LogP contribution in [0, 0.1) is 0 Å². The molecule has 2 aliphatic heterocycles. The van der Waals surface area contributed by atoms with Crippen molar-refractivity contribution in [2.24, 2.45) is 0 Å². The third kappa shape index (κ3) is 2.19. The molecule has 2 aliphatic rings. The van der Waals surface area contributed by atoms with Gasteiger partial charge < -0.3 is 15.4 Å². The standard InChI is InChI=1S/C14H19N3O2/c1-19-12-5-3-2-4-11(12)13-14(18)16-9-10-8-15-6-7-17(10)13/h2-5,10,13,15H,6-9H2,1H3,(H,16,18). The lowest BCUT2D eigenvalue weighted by molar-refractivity contribution is -0.132. The highest BCUT2D eigenvalue weighted by Crippen LogP contribution is 2.32. The number of rotatable bonds is 2. The summed E-state index contributed by atoms with van der Waals surface area (Å²) in [6.45, 7) is 3.46. The fourth-order valence-electron chi connectivity index (χ4n) is 2.98. The van der Waals surface area contributed by atoms with E-state index in [1.165, 1.54) is 0 Å². The first-order valence-corrected chi connectivity index (χ1v) is 6.68. The molecular formula is C14H19N3O2. The fraction of sp³-hybridized carbons (Fsp3) is 0.500. The van der Waals surface area contributed by atoms with E-state index in [0.29, 0.717) is 6.04 Å². The third-order valence-corrected chi connectivity index (χ3v) is 3.92. The fourth-order valence-corrected chi connectivity index (χ4v) is 2.98. The minimum atomic E-state index is -0.239. The van der Waals surface area contributed by atoms with Crippen molar-refractivity contribution in [1.82, 2.24) is 15.5 Å². The molecule has 2 heterocycles. The van der Waals surface area contributed by atoms with Crippen molar-refractivity contribution < 1.29 is 9.53 Å². The number of amides is 1. The Labute approximate surface area is 112 Å². The molecule has 0 aliphatic carbocycles. The molecule has 102 valence electrons. The number of hydrogen-bond acceptors (Lipinski definition) is 4. The monoisotopic (exact) mass is 261 g/mol. The molecule has 19 heavy (non-hydrogen) atoms. The van der Waals surface area contributed by atoms with Gasteiger partial charge in [0, 0.05) is 37.8 Å². The summed E-state index contributed by atoms with van der Waals surface area (Å²) in [6.07, 6.45) is 0. The normalized spacial score (nSPS) is 27.5. The Kier molecular flexibility index (Phi) is 3.40. The number of benzene rings is 1. The minimum absolute atomic E-state index is 0.0719. The van der Waals surface area contributed by atoms with E-state index in [2.05, 4.69) is 15.5 Å². The molecule has 1 aromatic rings. The van der Waals surface area contributed by atoms with Crippen LogP contribution in [0.3, 0.4) is 0 Å². The van der Waals surface area contributed by atoms with Crippen LogP contribution in [0.5, 0.6) is 5.75 Å². The topological polar surface area (TPSA) is 53.6 Å². The molecule has 2 unspecified atom stereocenters. The summed E-state index contributed by atoms with van der Waals surface area (Å²) in [7, 11) is 1.65. The van der Waals surface area contributed by atoms with E-state index in [-0.39, 0.29) is 11.9 Å². The molecule has 2 fully saturated rings. The quantitative estimate of drug-likeness (QED) is 0.795. The van der Waals surface area contributed by atoms with Gasteiger partial charge >= 0.3 is 0 Å². The van der Waals surface area contributed by atoms with E-state index in [0.717, 1.165) is 37.5 Å². The Morgan fingerprint density at radius 3 is 3.00 bits per heavy atom. The Morgan fingerprint density at radius 1 is 1.32 bits per heavy atom. The number of nitrogens with one attached hydrogen (secondary N) is 2. The largest absolute Gasteiger partial charge is 0.496 e. The van der Waals surface area contributed by atoms with E-state index < -0.39 is 0 Å². The molecule has 3 rings (SSSR count). The lowest BCUT2D eigenvalue weighted by atomic mass is 9.97. The van der Waals surface area contributed by atoms with Crippen LogP contribution < -0.4 is 15.4 Å². The number of ether oxygens (including phenoxy) is 1. The minimum Gasteiger partial charge on any atom is -0.496 e. The second-order valence-corrected chi connectivity index (χ2v) is 4.99. The second-order valence-electron chi connectivity index (χ2n) is 4.99. The number of hydrogen-bond donors (Lipinski definition) is 2. The van der Waals surface area contributed by atoms with Crippen LogP contribution in [-0.4, -0.2) is 50.1 Å². The third-order valence-electron chi connectivity index (χ3n) is 3.92. The zero-order chi connectivity index (χ0) is 13.2. The lowest BCUT2D eigenvalue weighted by Crippen LogP contribution is -2.63. The molecule has 0 radical (unpaired) electrons. The van der Waals surface area contributed by atoms with Gasteiger partial charge in [-0.2, -0.15) is 0 Å². The summed E-state index contributed by atoms with van der Waals surface area (Å²) in [5.41, 5.74) is 0.953. The summed E-state index contributed by atoms with van der Waals surface area (Å²) in [6, 6.07) is 7.90. The number of methoxy groups -OCH3 is 1. The van der Waals surface area contributed by atoms with Gasteiger partial charge in [-0.3, -0.25) is 9.69 Å². The van der Waals surface area contributed by atoms with Gasteiger partial charge in [-0.25, -0.2) is 0 Å². The number of carbonyl (C=O) groups is 1. The van der Waals surface area contributed by atoms with E-state index in [1.54, 1.807) is 7.11 Å². The van der Waals surface area contributed by atoms with Crippen LogP contribution in [0.15, 0.2) is 24.3 Å². The van der Waals surface area contributed by atoms with Crippen molar-refractivity contribution in [3.05, 3.63) is 29.8 Å². The highest BCUT2D eigenvalue weighted by molar-refractivity contribution is 5.85. The first-order valence-electron chi connectivity index (χ1n) is 6.68. The molecule has 0 bridgehead atoms. The molecule has 0 spiro atoms. The molecule has 2 N–H and O–H groups in total. The van der Waals surface area contributed by atoms with Gasteiger partial charge in [0.1, 0.15) is 11.8 Å².